The highest BCUT2D eigenvalue weighted by Gasteiger charge is 2.33. The van der Waals surface area contributed by atoms with Crippen molar-refractivity contribution in [2.75, 3.05) is 25.1 Å². The van der Waals surface area contributed by atoms with Crippen LogP contribution >= 0.6 is 11.6 Å². The number of amides is 1. The molecular weight excluding hydrogens is 383 g/mol. The van der Waals surface area contributed by atoms with Crippen LogP contribution in [0.5, 0.6) is 0 Å². The predicted molar refractivity (Wildman–Crippen MR) is 103 cm³/mol. The van der Waals surface area contributed by atoms with Crippen molar-refractivity contribution in [2.45, 2.75) is 33.0 Å². The normalized spacial score (nSPS) is 16.3. The van der Waals surface area contributed by atoms with Crippen LogP contribution in [0.4, 0.5) is 10.1 Å². The van der Waals surface area contributed by atoms with Gasteiger partial charge in [-0.3, -0.25) is 9.78 Å². The van der Waals surface area contributed by atoms with Crippen LogP contribution in [-0.2, 0) is 29.2 Å². The fraction of sp³-hybridized carbons (Fsp3) is 0.450. The van der Waals surface area contributed by atoms with Gasteiger partial charge < -0.3 is 14.5 Å². The maximum absolute atomic E-state index is 12.9. The Labute approximate surface area is 168 Å². The number of hydrogen-bond acceptors (Lipinski definition) is 5. The summed E-state index contributed by atoms with van der Waals surface area (Å²) in [6.07, 6.45) is 2.02. The van der Waals surface area contributed by atoms with Crippen LogP contribution < -0.4 is 4.90 Å². The third-order valence-corrected chi connectivity index (χ3v) is 5.98. The van der Waals surface area contributed by atoms with Crippen molar-refractivity contribution in [3.05, 3.63) is 51.8 Å². The highest BCUT2D eigenvalue weighted by Crippen LogP contribution is 2.33. The maximum atomic E-state index is 12.9. The summed E-state index contributed by atoms with van der Waals surface area (Å²) in [4.78, 5) is 25.0. The number of carbonyl (C=O) groups is 1. The van der Waals surface area contributed by atoms with E-state index in [9.17, 15) is 9.18 Å². The largest absolute Gasteiger partial charge is 0.378 e. The zero-order valence-electron chi connectivity index (χ0n) is 15.9. The van der Waals surface area contributed by atoms with E-state index in [2.05, 4.69) is 14.9 Å². The number of nitrogens with zero attached hydrogens (tertiary/aromatic N) is 4. The summed E-state index contributed by atoms with van der Waals surface area (Å²) in [6, 6.07) is 3.07. The van der Waals surface area contributed by atoms with E-state index < -0.39 is 5.95 Å². The molecule has 4 rings (SSSR count). The Bertz CT molecular complexity index is 900. The Morgan fingerprint density at radius 3 is 2.82 bits per heavy atom. The van der Waals surface area contributed by atoms with E-state index in [0.717, 1.165) is 41.3 Å². The van der Waals surface area contributed by atoms with Crippen molar-refractivity contribution in [1.29, 1.82) is 0 Å². The molecule has 2 aromatic heterocycles. The van der Waals surface area contributed by atoms with Gasteiger partial charge in [-0.1, -0.05) is 11.6 Å². The van der Waals surface area contributed by atoms with Crippen LogP contribution in [0.25, 0.3) is 0 Å². The molecule has 2 aliphatic rings. The molecule has 4 heterocycles. The molecule has 2 aromatic rings. The molecule has 2 aliphatic heterocycles. The Morgan fingerprint density at radius 2 is 2.14 bits per heavy atom. The lowest BCUT2D eigenvalue weighted by Gasteiger charge is -2.41. The Kier molecular flexibility index (Phi) is 5.21. The van der Waals surface area contributed by atoms with Crippen molar-refractivity contribution in [1.82, 2.24) is 14.9 Å². The Hall–Kier alpha value is -2.25. The molecule has 0 aliphatic carbocycles. The lowest BCUT2D eigenvalue weighted by molar-refractivity contribution is -0.133. The maximum Gasteiger partial charge on any atom is 0.223 e. The summed E-state index contributed by atoms with van der Waals surface area (Å²) in [5.41, 5.74) is 4.55. The average molecular weight is 405 g/mol. The molecule has 0 saturated carbocycles. The lowest BCUT2D eigenvalue weighted by atomic mass is 9.95. The monoisotopic (exact) mass is 404 g/mol. The first-order valence-electron chi connectivity index (χ1n) is 9.26. The fourth-order valence-electron chi connectivity index (χ4n) is 3.86. The molecule has 0 N–H and O–H groups in total. The van der Waals surface area contributed by atoms with Gasteiger partial charge in [-0.15, -0.1) is 0 Å². The minimum absolute atomic E-state index is 0.128. The van der Waals surface area contributed by atoms with E-state index >= 15 is 0 Å². The molecule has 0 atom stereocenters. The zero-order chi connectivity index (χ0) is 19.8. The molecular formula is C20H22ClFN4O2. The predicted octanol–water partition coefficient (Wildman–Crippen LogP) is 3.09. The minimum atomic E-state index is -0.484. The van der Waals surface area contributed by atoms with Gasteiger partial charge in [0, 0.05) is 39.1 Å². The van der Waals surface area contributed by atoms with Gasteiger partial charge in [0.25, 0.3) is 0 Å². The lowest BCUT2D eigenvalue weighted by Crippen LogP contribution is -2.48. The number of aromatic nitrogens is 2. The number of halogens is 2. The number of fused-ring (bicyclic) bond motifs is 1. The van der Waals surface area contributed by atoms with Crippen molar-refractivity contribution in [3.63, 3.8) is 0 Å². The van der Waals surface area contributed by atoms with Gasteiger partial charge in [-0.25, -0.2) is 4.98 Å². The summed E-state index contributed by atoms with van der Waals surface area (Å²) in [6.45, 7) is 4.95. The summed E-state index contributed by atoms with van der Waals surface area (Å²) in [5, 5.41) is 0.623. The van der Waals surface area contributed by atoms with Gasteiger partial charge in [0.2, 0.25) is 11.9 Å². The van der Waals surface area contributed by atoms with Crippen molar-refractivity contribution in [3.8, 4) is 0 Å². The van der Waals surface area contributed by atoms with Gasteiger partial charge in [-0.05, 0) is 30.2 Å². The van der Waals surface area contributed by atoms with E-state index in [4.69, 9.17) is 16.3 Å². The number of pyridine rings is 2. The molecule has 0 spiro atoms. The van der Waals surface area contributed by atoms with E-state index in [-0.39, 0.29) is 5.91 Å². The van der Waals surface area contributed by atoms with Gasteiger partial charge in [0.15, 0.2) is 0 Å². The van der Waals surface area contributed by atoms with Crippen molar-refractivity contribution in [2.24, 2.45) is 5.92 Å². The van der Waals surface area contributed by atoms with Crippen LogP contribution in [-0.4, -0.2) is 41.0 Å². The average Bonchev–Trinajstić information content (AvgIpc) is 3.07. The van der Waals surface area contributed by atoms with Crippen LogP contribution in [0.15, 0.2) is 18.3 Å². The zero-order valence-corrected chi connectivity index (χ0v) is 16.7. The second-order valence-corrected chi connectivity index (χ2v) is 7.80. The fourth-order valence-corrected chi connectivity index (χ4v) is 4.07. The molecule has 1 saturated heterocycles. The SMILES string of the molecule is COCc1nc2c(c(C)c1Cl)CN(C(=O)CC1CN(c3ccc(F)nc3)C1)C2. The van der Waals surface area contributed by atoms with E-state index in [1.54, 1.807) is 13.2 Å². The first-order chi connectivity index (χ1) is 13.5. The van der Waals surface area contributed by atoms with E-state index in [0.29, 0.717) is 37.1 Å². The van der Waals surface area contributed by atoms with Crippen LogP contribution in [0.2, 0.25) is 5.02 Å². The number of anilines is 1. The van der Waals surface area contributed by atoms with Crippen LogP contribution in [0, 0.1) is 18.8 Å². The summed E-state index contributed by atoms with van der Waals surface area (Å²) < 4.78 is 18.1. The number of hydrogen-bond donors (Lipinski definition) is 0. The topological polar surface area (TPSA) is 58.6 Å². The quantitative estimate of drug-likeness (QED) is 0.717. The van der Waals surface area contributed by atoms with Gasteiger partial charge in [-0.2, -0.15) is 4.39 Å². The summed E-state index contributed by atoms with van der Waals surface area (Å²) in [7, 11) is 1.61. The van der Waals surface area contributed by atoms with Crippen molar-refractivity contribution < 1.29 is 13.9 Å². The third-order valence-electron chi connectivity index (χ3n) is 5.47. The Morgan fingerprint density at radius 1 is 1.36 bits per heavy atom. The Balaban J connectivity index is 1.35. The van der Waals surface area contributed by atoms with E-state index in [1.807, 2.05) is 11.8 Å². The number of ether oxygens (including phenoxy) is 1. The second-order valence-electron chi connectivity index (χ2n) is 7.42. The standard InChI is InChI=1S/C20H22ClFN4O2/c1-12-15-9-26(10-16(15)24-17(11-28-2)20(12)21)19(27)5-13-7-25(8-13)14-3-4-18(22)23-6-14/h3-4,6,13H,5,7-11H2,1-2H3. The molecule has 1 amide bonds. The molecule has 1 fully saturated rings. The number of rotatable bonds is 5. The summed E-state index contributed by atoms with van der Waals surface area (Å²) in [5.74, 6) is -0.0612. The molecule has 0 bridgehead atoms. The van der Waals surface area contributed by atoms with E-state index in [1.165, 1.54) is 12.3 Å². The minimum Gasteiger partial charge on any atom is -0.378 e. The highest BCUT2D eigenvalue weighted by atomic mass is 35.5. The van der Waals surface area contributed by atoms with Gasteiger partial charge in [0.1, 0.15) is 0 Å². The number of methoxy groups -OCH3 is 1. The molecule has 0 aromatic carbocycles. The van der Waals surface area contributed by atoms with Crippen LogP contribution in [0.1, 0.15) is 28.9 Å². The summed E-state index contributed by atoms with van der Waals surface area (Å²) >= 11 is 6.40. The molecule has 0 unspecified atom stereocenters. The molecule has 6 nitrogen and oxygen atoms in total. The third kappa shape index (κ3) is 3.56. The first-order valence-corrected chi connectivity index (χ1v) is 9.64. The highest BCUT2D eigenvalue weighted by molar-refractivity contribution is 6.32. The molecule has 8 heteroatoms. The van der Waals surface area contributed by atoms with Crippen LogP contribution in [0.3, 0.4) is 0 Å². The molecule has 0 radical (unpaired) electrons. The second kappa shape index (κ2) is 7.64. The van der Waals surface area contributed by atoms with Gasteiger partial charge >= 0.3 is 0 Å². The van der Waals surface area contributed by atoms with Gasteiger partial charge in [0.05, 0.1) is 41.4 Å². The smallest absolute Gasteiger partial charge is 0.223 e. The number of carbonyl (C=O) groups excluding carboxylic acids is 1. The van der Waals surface area contributed by atoms with Crippen molar-refractivity contribution >= 4 is 23.2 Å². The molecule has 148 valence electrons. The first kappa shape index (κ1) is 19.1. The molecule has 28 heavy (non-hydrogen) atoms.